The Balaban J connectivity index is 1.83. The van der Waals surface area contributed by atoms with Gasteiger partial charge >= 0.3 is 0 Å². The lowest BCUT2D eigenvalue weighted by molar-refractivity contribution is 0.895. The summed E-state index contributed by atoms with van der Waals surface area (Å²) in [5.74, 6) is 0.641. The third-order valence-corrected chi connectivity index (χ3v) is 4.06. The summed E-state index contributed by atoms with van der Waals surface area (Å²) in [6, 6.07) is 16.1. The second-order valence-electron chi connectivity index (χ2n) is 5.97. The van der Waals surface area contributed by atoms with E-state index in [4.69, 9.17) is 11.6 Å². The van der Waals surface area contributed by atoms with E-state index in [0.29, 0.717) is 11.5 Å². The second-order valence-corrected chi connectivity index (χ2v) is 6.31. The fourth-order valence-corrected chi connectivity index (χ4v) is 3.08. The largest absolute Gasteiger partial charge is 0.339 e. The molecule has 0 saturated heterocycles. The molecule has 0 unspecified atom stereocenters. The number of rotatable bonds is 3. The van der Waals surface area contributed by atoms with Gasteiger partial charge in [-0.1, -0.05) is 24.3 Å². The van der Waals surface area contributed by atoms with Gasteiger partial charge in [-0.05, 0) is 60.8 Å². The van der Waals surface area contributed by atoms with Crippen LogP contribution in [0.4, 0.5) is 11.5 Å². The smallest absolute Gasteiger partial charge is 0.226 e. The molecular weight excluding hydrogens is 334 g/mol. The number of nitrogens with one attached hydrogen (secondary N) is 1. The molecule has 2 aromatic carbocycles. The van der Waals surface area contributed by atoms with E-state index in [2.05, 4.69) is 52.4 Å². The van der Waals surface area contributed by atoms with E-state index in [-0.39, 0.29) is 5.28 Å². The number of para-hydroxylation sites is 1. The normalized spacial score (nSPS) is 11.0. The van der Waals surface area contributed by atoms with Crippen molar-refractivity contribution in [1.29, 1.82) is 0 Å². The van der Waals surface area contributed by atoms with E-state index in [0.717, 1.165) is 16.8 Å². The highest BCUT2D eigenvalue weighted by Crippen LogP contribution is 2.27. The van der Waals surface area contributed by atoms with Gasteiger partial charge in [0, 0.05) is 5.69 Å². The molecule has 2 aromatic heterocycles. The number of benzene rings is 2. The summed E-state index contributed by atoms with van der Waals surface area (Å²) in [4.78, 5) is 8.72. The molecule has 0 bridgehead atoms. The fourth-order valence-electron chi connectivity index (χ4n) is 2.92. The Labute approximate surface area is 150 Å². The van der Waals surface area contributed by atoms with Gasteiger partial charge in [0.25, 0.3) is 0 Å². The van der Waals surface area contributed by atoms with Gasteiger partial charge in [-0.2, -0.15) is 15.1 Å². The molecule has 124 valence electrons. The Bertz CT molecular complexity index is 1040. The maximum absolute atomic E-state index is 6.17. The van der Waals surface area contributed by atoms with Crippen LogP contribution in [-0.2, 0) is 0 Å². The van der Waals surface area contributed by atoms with Crippen molar-refractivity contribution in [2.45, 2.75) is 13.8 Å². The molecule has 0 atom stereocenters. The Morgan fingerprint density at radius 3 is 2.40 bits per heavy atom. The third kappa shape index (κ3) is 3.06. The van der Waals surface area contributed by atoms with E-state index in [1.54, 1.807) is 10.9 Å². The van der Waals surface area contributed by atoms with Crippen molar-refractivity contribution < 1.29 is 0 Å². The van der Waals surface area contributed by atoms with E-state index < -0.39 is 0 Å². The molecule has 4 aromatic rings. The number of anilines is 2. The van der Waals surface area contributed by atoms with E-state index in [9.17, 15) is 0 Å². The number of hydrogen-bond donors (Lipinski definition) is 1. The van der Waals surface area contributed by atoms with Crippen molar-refractivity contribution in [3.8, 4) is 5.69 Å². The molecule has 6 heteroatoms. The van der Waals surface area contributed by atoms with Gasteiger partial charge in [-0.3, -0.25) is 0 Å². The molecule has 0 aliphatic rings. The predicted molar refractivity (Wildman–Crippen MR) is 101 cm³/mol. The lowest BCUT2D eigenvalue weighted by atomic mass is 10.1. The van der Waals surface area contributed by atoms with Crippen LogP contribution >= 0.6 is 11.6 Å². The number of aromatic nitrogens is 4. The number of nitrogens with zero attached hydrogens (tertiary/aromatic N) is 4. The van der Waals surface area contributed by atoms with Crippen molar-refractivity contribution in [2.24, 2.45) is 0 Å². The molecule has 2 heterocycles. The minimum Gasteiger partial charge on any atom is -0.339 e. The van der Waals surface area contributed by atoms with Gasteiger partial charge in [0.2, 0.25) is 5.28 Å². The summed E-state index contributed by atoms with van der Waals surface area (Å²) in [5, 5.41) is 8.80. The summed E-state index contributed by atoms with van der Waals surface area (Å²) < 4.78 is 1.76. The molecule has 0 saturated carbocycles. The maximum atomic E-state index is 6.17. The van der Waals surface area contributed by atoms with Crippen LogP contribution in [0.2, 0.25) is 5.28 Å². The number of fused-ring (bicyclic) bond motifs is 1. The lowest BCUT2D eigenvalue weighted by Crippen LogP contribution is -2.00. The Morgan fingerprint density at radius 2 is 1.68 bits per heavy atom. The monoisotopic (exact) mass is 349 g/mol. The van der Waals surface area contributed by atoms with Crippen LogP contribution < -0.4 is 5.32 Å². The summed E-state index contributed by atoms with van der Waals surface area (Å²) in [6.07, 6.45) is 1.75. The highest BCUT2D eigenvalue weighted by molar-refractivity contribution is 6.28. The minimum absolute atomic E-state index is 0.178. The first kappa shape index (κ1) is 15.6. The van der Waals surface area contributed by atoms with Crippen molar-refractivity contribution in [2.75, 3.05) is 5.32 Å². The van der Waals surface area contributed by atoms with Crippen LogP contribution in [0.1, 0.15) is 11.1 Å². The molecule has 0 fully saturated rings. The van der Waals surface area contributed by atoms with Crippen molar-refractivity contribution in [3.63, 3.8) is 0 Å². The first-order valence-electron chi connectivity index (χ1n) is 7.92. The van der Waals surface area contributed by atoms with Crippen molar-refractivity contribution >= 4 is 34.1 Å². The van der Waals surface area contributed by atoms with Gasteiger partial charge in [0.15, 0.2) is 5.65 Å². The maximum Gasteiger partial charge on any atom is 0.226 e. The highest BCUT2D eigenvalue weighted by Gasteiger charge is 2.13. The topological polar surface area (TPSA) is 55.6 Å². The molecule has 0 aliphatic heterocycles. The predicted octanol–water partition coefficient (Wildman–Crippen LogP) is 4.83. The summed E-state index contributed by atoms with van der Waals surface area (Å²) in [7, 11) is 0. The lowest BCUT2D eigenvalue weighted by Gasteiger charge is -2.09. The molecule has 0 amide bonds. The van der Waals surface area contributed by atoms with E-state index in [1.165, 1.54) is 11.1 Å². The van der Waals surface area contributed by atoms with Crippen LogP contribution in [0, 0.1) is 13.8 Å². The van der Waals surface area contributed by atoms with Gasteiger partial charge in [0.05, 0.1) is 17.3 Å². The summed E-state index contributed by atoms with van der Waals surface area (Å²) in [5.41, 5.74) is 4.90. The highest BCUT2D eigenvalue weighted by atomic mass is 35.5. The van der Waals surface area contributed by atoms with Crippen LogP contribution in [0.15, 0.2) is 54.7 Å². The van der Waals surface area contributed by atoms with E-state index >= 15 is 0 Å². The number of halogens is 1. The minimum atomic E-state index is 0.178. The van der Waals surface area contributed by atoms with Gasteiger partial charge < -0.3 is 5.32 Å². The molecule has 4 rings (SSSR count). The van der Waals surface area contributed by atoms with Crippen LogP contribution in [0.5, 0.6) is 0 Å². The Hall–Kier alpha value is -2.92. The zero-order valence-corrected chi connectivity index (χ0v) is 14.6. The third-order valence-electron chi connectivity index (χ3n) is 3.89. The number of aryl methyl sites for hydroxylation is 2. The molecule has 0 spiro atoms. The zero-order valence-electron chi connectivity index (χ0n) is 13.9. The average Bonchev–Trinajstić information content (AvgIpc) is 2.98. The quantitative estimate of drug-likeness (QED) is 0.538. The molecule has 5 nitrogen and oxygen atoms in total. The Morgan fingerprint density at radius 1 is 0.960 bits per heavy atom. The van der Waals surface area contributed by atoms with Crippen molar-refractivity contribution in [1.82, 2.24) is 19.7 Å². The summed E-state index contributed by atoms with van der Waals surface area (Å²) >= 11 is 6.17. The Kier molecular flexibility index (Phi) is 3.86. The summed E-state index contributed by atoms with van der Waals surface area (Å²) in [6.45, 7) is 4.13. The molecule has 0 radical (unpaired) electrons. The average molecular weight is 350 g/mol. The van der Waals surface area contributed by atoms with Crippen LogP contribution in [-0.4, -0.2) is 19.7 Å². The molecular formula is C19H16ClN5. The SMILES string of the molecule is Cc1cc(C)cc(Nc2nc(Cl)nc3c2cnn3-c2ccccc2)c1. The van der Waals surface area contributed by atoms with Gasteiger partial charge in [-0.25, -0.2) is 4.68 Å². The van der Waals surface area contributed by atoms with E-state index in [1.807, 2.05) is 30.3 Å². The molecule has 1 N–H and O–H groups in total. The van der Waals surface area contributed by atoms with Gasteiger partial charge in [-0.15, -0.1) is 0 Å². The molecule has 25 heavy (non-hydrogen) atoms. The van der Waals surface area contributed by atoms with Crippen LogP contribution in [0.3, 0.4) is 0 Å². The van der Waals surface area contributed by atoms with Crippen LogP contribution in [0.25, 0.3) is 16.7 Å². The standard InChI is InChI=1S/C19H16ClN5/c1-12-8-13(2)10-14(9-12)22-17-16-11-21-25(15-6-4-3-5-7-15)18(16)24-19(20)23-17/h3-11H,1-2H3,(H,22,23,24). The van der Waals surface area contributed by atoms with Crippen molar-refractivity contribution in [3.05, 3.63) is 71.1 Å². The fraction of sp³-hybridized carbons (Fsp3) is 0.105. The molecule has 0 aliphatic carbocycles. The number of hydrogen-bond acceptors (Lipinski definition) is 4. The second kappa shape index (κ2) is 6.18. The first-order valence-corrected chi connectivity index (χ1v) is 8.30. The zero-order chi connectivity index (χ0) is 17.4. The van der Waals surface area contributed by atoms with Gasteiger partial charge in [0.1, 0.15) is 5.82 Å². The first-order chi connectivity index (χ1) is 12.1.